The van der Waals surface area contributed by atoms with Gasteiger partial charge in [-0.1, -0.05) is 30.3 Å². The summed E-state index contributed by atoms with van der Waals surface area (Å²) < 4.78 is 5.28. The van der Waals surface area contributed by atoms with Gasteiger partial charge in [-0.15, -0.1) is 0 Å². The summed E-state index contributed by atoms with van der Waals surface area (Å²) in [6, 6.07) is 7.47. The Morgan fingerprint density at radius 2 is 1.86 bits per heavy atom. The van der Waals surface area contributed by atoms with E-state index in [0.717, 1.165) is 4.90 Å². The normalized spacial score (nSPS) is 25.1. The number of hydrogen-bond donors (Lipinski definition) is 2. The van der Waals surface area contributed by atoms with Crippen molar-refractivity contribution in [3.8, 4) is 0 Å². The second-order valence-corrected chi connectivity index (χ2v) is 6.43. The van der Waals surface area contributed by atoms with E-state index in [1.54, 1.807) is 51.1 Å². The highest BCUT2D eigenvalue weighted by Crippen LogP contribution is 2.41. The van der Waals surface area contributed by atoms with Crippen molar-refractivity contribution < 1.29 is 24.5 Å². The lowest BCUT2D eigenvalue weighted by Crippen LogP contribution is -2.52. The number of ether oxygens (including phenoxy) is 1. The maximum absolute atomic E-state index is 12.4. The van der Waals surface area contributed by atoms with Gasteiger partial charge in [-0.3, -0.25) is 4.90 Å². The number of benzene rings is 1. The molecular weight excluding hydrogens is 286 g/mol. The van der Waals surface area contributed by atoms with Gasteiger partial charge in [-0.25, -0.2) is 9.59 Å². The second-order valence-electron chi connectivity index (χ2n) is 6.43. The number of carboxylic acids is 1. The predicted octanol–water partition coefficient (Wildman–Crippen LogP) is 2.32. The van der Waals surface area contributed by atoms with Crippen LogP contribution in [0.1, 0.15) is 39.2 Å². The molecule has 6 nitrogen and oxygen atoms in total. The molecule has 1 saturated heterocycles. The van der Waals surface area contributed by atoms with E-state index in [1.165, 1.54) is 0 Å². The van der Waals surface area contributed by atoms with Crippen molar-refractivity contribution in [3.05, 3.63) is 35.9 Å². The van der Waals surface area contributed by atoms with E-state index in [4.69, 9.17) is 4.74 Å². The summed E-state index contributed by atoms with van der Waals surface area (Å²) in [5.74, 6) is -1.15. The lowest BCUT2D eigenvalue weighted by Gasteiger charge is -2.37. The number of aliphatic hydroxyl groups is 1. The van der Waals surface area contributed by atoms with Crippen molar-refractivity contribution in [2.75, 3.05) is 0 Å². The number of likely N-dealkylation sites (tertiary alicyclic amines) is 1. The minimum Gasteiger partial charge on any atom is -0.480 e. The molecule has 0 saturated carbocycles. The van der Waals surface area contributed by atoms with Crippen LogP contribution in [-0.4, -0.2) is 38.8 Å². The molecule has 1 aliphatic heterocycles. The molecule has 6 heteroatoms. The maximum atomic E-state index is 12.4. The van der Waals surface area contributed by atoms with Crippen LogP contribution in [0.3, 0.4) is 0 Å². The number of nitrogens with zero attached hydrogens (tertiary/aromatic N) is 1. The Kier molecular flexibility index (Phi) is 4.15. The van der Waals surface area contributed by atoms with E-state index in [0.29, 0.717) is 5.56 Å². The fourth-order valence-electron chi connectivity index (χ4n) is 2.66. The highest BCUT2D eigenvalue weighted by molar-refractivity contribution is 5.81. The van der Waals surface area contributed by atoms with Crippen molar-refractivity contribution in [2.24, 2.45) is 0 Å². The number of aliphatic carboxylic acids is 1. The molecule has 0 aliphatic carbocycles. The molecule has 120 valence electrons. The van der Waals surface area contributed by atoms with Crippen LogP contribution in [0.15, 0.2) is 30.3 Å². The molecule has 1 fully saturated rings. The Morgan fingerprint density at radius 3 is 2.36 bits per heavy atom. The molecule has 0 aromatic heterocycles. The molecule has 1 amide bonds. The number of amides is 1. The van der Waals surface area contributed by atoms with Crippen LogP contribution in [0.25, 0.3) is 0 Å². The first-order valence-corrected chi connectivity index (χ1v) is 7.18. The topological polar surface area (TPSA) is 87.1 Å². The van der Waals surface area contributed by atoms with E-state index in [2.05, 4.69) is 0 Å². The molecule has 2 rings (SSSR count). The maximum Gasteiger partial charge on any atom is 0.413 e. The van der Waals surface area contributed by atoms with Gasteiger partial charge < -0.3 is 14.9 Å². The molecule has 22 heavy (non-hydrogen) atoms. The van der Waals surface area contributed by atoms with Gasteiger partial charge in [-0.2, -0.15) is 0 Å². The van der Waals surface area contributed by atoms with Gasteiger partial charge in [0.1, 0.15) is 11.6 Å². The highest BCUT2D eigenvalue weighted by atomic mass is 16.6. The lowest BCUT2D eigenvalue weighted by atomic mass is 10.0. The second kappa shape index (κ2) is 5.61. The SMILES string of the molecule is CC(C)(C)OC(=O)N1[C@H](C(=O)O)CC[C@]1(O)c1ccccc1. The van der Waals surface area contributed by atoms with Crippen LogP contribution in [0.5, 0.6) is 0 Å². The standard InChI is InChI=1S/C16H21NO5/c1-15(2,3)22-14(20)17-12(13(18)19)9-10-16(17,21)11-7-5-4-6-8-11/h4-8,12,21H,9-10H2,1-3H3,(H,18,19)/t12-,16-/m0/s1. The average Bonchev–Trinajstić information content (AvgIpc) is 2.77. The van der Waals surface area contributed by atoms with Crippen LogP contribution in [0, 0.1) is 0 Å². The third-order valence-corrected chi connectivity index (χ3v) is 3.59. The van der Waals surface area contributed by atoms with Crippen LogP contribution in [-0.2, 0) is 15.3 Å². The number of carbonyl (C=O) groups is 2. The Balaban J connectivity index is 2.41. The third-order valence-electron chi connectivity index (χ3n) is 3.59. The minimum absolute atomic E-state index is 0.146. The first-order chi connectivity index (χ1) is 10.1. The van der Waals surface area contributed by atoms with Gasteiger partial charge in [0, 0.05) is 12.0 Å². The van der Waals surface area contributed by atoms with Gasteiger partial charge in [0.15, 0.2) is 5.72 Å². The monoisotopic (exact) mass is 307 g/mol. The van der Waals surface area contributed by atoms with Crippen LogP contribution in [0.4, 0.5) is 4.79 Å². The zero-order valence-electron chi connectivity index (χ0n) is 12.9. The molecule has 1 aromatic rings. The first kappa shape index (κ1) is 16.3. The van der Waals surface area contributed by atoms with Gasteiger partial charge in [0.2, 0.25) is 0 Å². The summed E-state index contributed by atoms with van der Waals surface area (Å²) in [5.41, 5.74) is -1.97. The number of hydrogen-bond acceptors (Lipinski definition) is 4. The Morgan fingerprint density at radius 1 is 1.27 bits per heavy atom. The third kappa shape index (κ3) is 3.06. The minimum atomic E-state index is -1.67. The van der Waals surface area contributed by atoms with Crippen LogP contribution >= 0.6 is 0 Å². The molecule has 1 aromatic carbocycles. The number of carboxylic acid groups (broad SMARTS) is 1. The van der Waals surface area contributed by atoms with Crippen molar-refractivity contribution in [3.63, 3.8) is 0 Å². The van der Waals surface area contributed by atoms with Crippen molar-refractivity contribution in [2.45, 2.75) is 51.0 Å². The molecule has 1 aliphatic rings. The summed E-state index contributed by atoms with van der Waals surface area (Å²) in [5, 5.41) is 20.3. The van der Waals surface area contributed by atoms with Crippen molar-refractivity contribution in [1.29, 1.82) is 0 Å². The first-order valence-electron chi connectivity index (χ1n) is 7.18. The van der Waals surface area contributed by atoms with E-state index in [-0.39, 0.29) is 12.8 Å². The zero-order valence-corrected chi connectivity index (χ0v) is 12.9. The largest absolute Gasteiger partial charge is 0.480 e. The smallest absolute Gasteiger partial charge is 0.413 e. The average molecular weight is 307 g/mol. The molecule has 0 unspecified atom stereocenters. The van der Waals surface area contributed by atoms with E-state index >= 15 is 0 Å². The van der Waals surface area contributed by atoms with Crippen molar-refractivity contribution in [1.82, 2.24) is 4.90 Å². The molecule has 2 N–H and O–H groups in total. The summed E-state index contributed by atoms with van der Waals surface area (Å²) in [7, 11) is 0. The zero-order chi connectivity index (χ0) is 16.5. The Labute approximate surface area is 129 Å². The number of carbonyl (C=O) groups excluding carboxylic acids is 1. The summed E-state index contributed by atoms with van der Waals surface area (Å²) in [6.07, 6.45) is -0.517. The van der Waals surface area contributed by atoms with E-state index in [9.17, 15) is 19.8 Å². The summed E-state index contributed by atoms with van der Waals surface area (Å²) in [4.78, 5) is 24.8. The summed E-state index contributed by atoms with van der Waals surface area (Å²) in [6.45, 7) is 5.08. The molecule has 0 spiro atoms. The van der Waals surface area contributed by atoms with Crippen LogP contribution in [0.2, 0.25) is 0 Å². The molecular formula is C16H21NO5. The van der Waals surface area contributed by atoms with Gasteiger partial charge in [-0.05, 0) is 27.2 Å². The quantitative estimate of drug-likeness (QED) is 0.875. The van der Waals surface area contributed by atoms with Gasteiger partial charge in [0.25, 0.3) is 0 Å². The Bertz CT molecular complexity index is 566. The van der Waals surface area contributed by atoms with E-state index in [1.807, 2.05) is 0 Å². The molecule has 1 heterocycles. The summed E-state index contributed by atoms with van der Waals surface area (Å²) >= 11 is 0. The van der Waals surface area contributed by atoms with E-state index < -0.39 is 29.4 Å². The lowest BCUT2D eigenvalue weighted by molar-refractivity contribution is -0.151. The molecule has 0 bridgehead atoms. The fraction of sp³-hybridized carbons (Fsp3) is 0.500. The molecule has 0 radical (unpaired) electrons. The van der Waals surface area contributed by atoms with Crippen LogP contribution < -0.4 is 0 Å². The van der Waals surface area contributed by atoms with Gasteiger partial charge >= 0.3 is 12.1 Å². The predicted molar refractivity (Wildman–Crippen MR) is 79.1 cm³/mol. The van der Waals surface area contributed by atoms with Gasteiger partial charge in [0.05, 0.1) is 0 Å². The fourth-order valence-corrected chi connectivity index (χ4v) is 2.66. The highest BCUT2D eigenvalue weighted by Gasteiger charge is 2.53. The molecule has 2 atom stereocenters. The van der Waals surface area contributed by atoms with Crippen molar-refractivity contribution >= 4 is 12.1 Å². The Hall–Kier alpha value is -2.08. The number of rotatable bonds is 2.